The minimum atomic E-state index is -3.20. The molecule has 0 aromatic heterocycles. The topological polar surface area (TPSA) is 86.3 Å². The molecule has 0 spiro atoms. The van der Waals surface area contributed by atoms with Crippen molar-refractivity contribution in [3.8, 4) is 0 Å². The molecular formula is C13H12NO4S2-. The number of anilines is 2. The zero-order valence-corrected chi connectivity index (χ0v) is 12.2. The van der Waals surface area contributed by atoms with Crippen LogP contribution in [0.15, 0.2) is 58.3 Å². The molecular weight excluding hydrogens is 298 g/mol. The molecule has 106 valence electrons. The van der Waals surface area contributed by atoms with Crippen LogP contribution in [-0.4, -0.2) is 23.4 Å². The van der Waals surface area contributed by atoms with Crippen LogP contribution in [-0.2, 0) is 20.9 Å². The Morgan fingerprint density at radius 2 is 1.40 bits per heavy atom. The van der Waals surface area contributed by atoms with Gasteiger partial charge in [-0.3, -0.25) is 4.21 Å². The second-order valence-electron chi connectivity index (χ2n) is 4.18. The summed E-state index contributed by atoms with van der Waals surface area (Å²) in [5.74, 6) is 0. The molecule has 2 aromatic carbocycles. The van der Waals surface area contributed by atoms with Gasteiger partial charge < -0.3 is 9.87 Å². The smallest absolute Gasteiger partial charge is 0.175 e. The van der Waals surface area contributed by atoms with Gasteiger partial charge in [-0.2, -0.15) is 0 Å². The SMILES string of the molecule is CS(=O)(=O)c1ccc(Nc2ccc(S(=O)[O-])cc2)cc1. The molecule has 0 aliphatic carbocycles. The average Bonchev–Trinajstić information content (AvgIpc) is 2.39. The Bertz CT molecular complexity index is 722. The summed E-state index contributed by atoms with van der Waals surface area (Å²) in [6.45, 7) is 0. The summed E-state index contributed by atoms with van der Waals surface area (Å²) in [6, 6.07) is 12.6. The number of sulfone groups is 1. The van der Waals surface area contributed by atoms with E-state index in [9.17, 15) is 17.2 Å². The minimum Gasteiger partial charge on any atom is -0.768 e. The monoisotopic (exact) mass is 310 g/mol. The van der Waals surface area contributed by atoms with E-state index in [1.807, 2.05) is 0 Å². The van der Waals surface area contributed by atoms with Crippen LogP contribution in [0.1, 0.15) is 0 Å². The van der Waals surface area contributed by atoms with Crippen LogP contribution in [0, 0.1) is 0 Å². The van der Waals surface area contributed by atoms with Gasteiger partial charge in [0.25, 0.3) is 0 Å². The molecule has 5 nitrogen and oxygen atoms in total. The van der Waals surface area contributed by atoms with Gasteiger partial charge in [0.15, 0.2) is 9.84 Å². The average molecular weight is 310 g/mol. The second kappa shape index (κ2) is 5.74. The van der Waals surface area contributed by atoms with Gasteiger partial charge >= 0.3 is 0 Å². The highest BCUT2D eigenvalue weighted by Gasteiger charge is 2.06. The Labute approximate surface area is 119 Å². The Morgan fingerprint density at radius 3 is 1.80 bits per heavy atom. The lowest BCUT2D eigenvalue weighted by Crippen LogP contribution is -1.97. The van der Waals surface area contributed by atoms with E-state index >= 15 is 0 Å². The van der Waals surface area contributed by atoms with Crippen molar-refractivity contribution in [1.82, 2.24) is 0 Å². The van der Waals surface area contributed by atoms with E-state index in [1.165, 1.54) is 24.3 Å². The van der Waals surface area contributed by atoms with Crippen molar-refractivity contribution in [2.45, 2.75) is 9.79 Å². The lowest BCUT2D eigenvalue weighted by Gasteiger charge is -2.09. The zero-order valence-electron chi connectivity index (χ0n) is 10.6. The summed E-state index contributed by atoms with van der Waals surface area (Å²) in [6.07, 6.45) is 1.15. The van der Waals surface area contributed by atoms with Gasteiger partial charge in [0.2, 0.25) is 0 Å². The summed E-state index contributed by atoms with van der Waals surface area (Å²) in [7, 11) is -3.20. The molecule has 1 unspecified atom stereocenters. The van der Waals surface area contributed by atoms with Crippen LogP contribution in [0.3, 0.4) is 0 Å². The van der Waals surface area contributed by atoms with Gasteiger partial charge in [0, 0.05) is 22.5 Å². The fraction of sp³-hybridized carbons (Fsp3) is 0.0769. The summed E-state index contributed by atoms with van der Waals surface area (Å²) >= 11 is -2.24. The predicted molar refractivity (Wildman–Crippen MR) is 76.5 cm³/mol. The molecule has 0 radical (unpaired) electrons. The summed E-state index contributed by atoms with van der Waals surface area (Å²) in [5.41, 5.74) is 1.43. The Balaban J connectivity index is 2.16. The van der Waals surface area contributed by atoms with Crippen LogP contribution >= 0.6 is 0 Å². The molecule has 0 aliphatic heterocycles. The van der Waals surface area contributed by atoms with Crippen LogP contribution < -0.4 is 5.32 Å². The molecule has 0 saturated heterocycles. The number of nitrogens with one attached hydrogen (secondary N) is 1. The van der Waals surface area contributed by atoms with Gasteiger partial charge in [0.1, 0.15) is 0 Å². The van der Waals surface area contributed by atoms with Crippen LogP contribution in [0.4, 0.5) is 11.4 Å². The third kappa shape index (κ3) is 3.66. The molecule has 7 heteroatoms. The Morgan fingerprint density at radius 1 is 0.950 bits per heavy atom. The molecule has 0 saturated carbocycles. The van der Waals surface area contributed by atoms with E-state index in [2.05, 4.69) is 5.32 Å². The molecule has 2 rings (SSSR count). The Hall–Kier alpha value is -1.70. The molecule has 1 atom stereocenters. The third-order valence-electron chi connectivity index (χ3n) is 2.62. The predicted octanol–water partition coefficient (Wildman–Crippen LogP) is 2.07. The minimum absolute atomic E-state index is 0.211. The highest BCUT2D eigenvalue weighted by atomic mass is 32.2. The van der Waals surface area contributed by atoms with E-state index < -0.39 is 20.9 Å². The van der Waals surface area contributed by atoms with E-state index in [0.29, 0.717) is 11.4 Å². The molecule has 2 aromatic rings. The fourth-order valence-electron chi connectivity index (χ4n) is 1.60. The van der Waals surface area contributed by atoms with Crippen molar-refractivity contribution in [2.24, 2.45) is 0 Å². The van der Waals surface area contributed by atoms with Gasteiger partial charge in [0.05, 0.1) is 4.90 Å². The molecule has 0 bridgehead atoms. The van der Waals surface area contributed by atoms with Crippen molar-refractivity contribution >= 4 is 32.3 Å². The van der Waals surface area contributed by atoms with Crippen molar-refractivity contribution in [1.29, 1.82) is 0 Å². The maximum Gasteiger partial charge on any atom is 0.175 e. The molecule has 0 fully saturated rings. The lowest BCUT2D eigenvalue weighted by atomic mass is 10.3. The van der Waals surface area contributed by atoms with E-state index in [1.54, 1.807) is 24.3 Å². The number of hydrogen-bond donors (Lipinski definition) is 1. The number of benzene rings is 2. The van der Waals surface area contributed by atoms with Crippen molar-refractivity contribution in [2.75, 3.05) is 11.6 Å². The Kier molecular flexibility index (Phi) is 4.22. The fourth-order valence-corrected chi connectivity index (χ4v) is 2.59. The zero-order chi connectivity index (χ0) is 14.8. The summed E-state index contributed by atoms with van der Waals surface area (Å²) in [4.78, 5) is 0.461. The van der Waals surface area contributed by atoms with E-state index in [4.69, 9.17) is 0 Å². The van der Waals surface area contributed by atoms with Gasteiger partial charge in [-0.1, -0.05) is 0 Å². The van der Waals surface area contributed by atoms with Crippen molar-refractivity contribution < 1.29 is 17.2 Å². The van der Waals surface area contributed by atoms with E-state index in [0.717, 1.165) is 6.26 Å². The van der Waals surface area contributed by atoms with Crippen LogP contribution in [0.2, 0.25) is 0 Å². The maximum absolute atomic E-state index is 11.3. The standard InChI is InChI=1S/C13H13NO4S2/c1-20(17,18)13-8-4-11(5-9-13)14-10-2-6-12(7-3-10)19(15)16/h2-9,14H,1H3,(H,15,16)/p-1. The van der Waals surface area contributed by atoms with Gasteiger partial charge in [-0.05, 0) is 59.6 Å². The normalized spacial score (nSPS) is 12.9. The largest absolute Gasteiger partial charge is 0.768 e. The molecule has 1 N–H and O–H groups in total. The third-order valence-corrected chi connectivity index (χ3v) is 4.40. The number of rotatable bonds is 4. The van der Waals surface area contributed by atoms with Crippen molar-refractivity contribution in [3.63, 3.8) is 0 Å². The number of hydrogen-bond acceptors (Lipinski definition) is 5. The highest BCUT2D eigenvalue weighted by molar-refractivity contribution is 7.90. The molecule has 20 heavy (non-hydrogen) atoms. The highest BCUT2D eigenvalue weighted by Crippen LogP contribution is 2.19. The van der Waals surface area contributed by atoms with E-state index in [-0.39, 0.29) is 9.79 Å². The van der Waals surface area contributed by atoms with Crippen molar-refractivity contribution in [3.05, 3.63) is 48.5 Å². The first kappa shape index (κ1) is 14.7. The quantitative estimate of drug-likeness (QED) is 0.874. The summed E-state index contributed by atoms with van der Waals surface area (Å²) < 4.78 is 44.1. The molecule has 0 heterocycles. The molecule has 0 amide bonds. The van der Waals surface area contributed by atoms with Crippen LogP contribution in [0.5, 0.6) is 0 Å². The lowest BCUT2D eigenvalue weighted by molar-refractivity contribution is 0.537. The van der Waals surface area contributed by atoms with Crippen LogP contribution in [0.25, 0.3) is 0 Å². The second-order valence-corrected chi connectivity index (χ2v) is 7.14. The van der Waals surface area contributed by atoms with Gasteiger partial charge in [-0.15, -0.1) is 0 Å². The first-order valence-electron chi connectivity index (χ1n) is 5.63. The maximum atomic E-state index is 11.3. The first-order chi connectivity index (χ1) is 9.36. The first-order valence-corrected chi connectivity index (χ1v) is 8.59. The molecule has 0 aliphatic rings. The van der Waals surface area contributed by atoms with Gasteiger partial charge in [-0.25, -0.2) is 8.42 Å². The summed E-state index contributed by atoms with van der Waals surface area (Å²) in [5, 5.41) is 3.05.